The lowest BCUT2D eigenvalue weighted by Gasteiger charge is -2.15. The maximum Gasteiger partial charge on any atom is 0.283 e. The van der Waals surface area contributed by atoms with Crippen LogP contribution in [0.15, 0.2) is 28.1 Å². The van der Waals surface area contributed by atoms with E-state index in [1.165, 1.54) is 10.9 Å². The van der Waals surface area contributed by atoms with Crippen molar-refractivity contribution in [3.63, 3.8) is 0 Å². The van der Waals surface area contributed by atoms with Crippen LogP contribution in [0.25, 0.3) is 0 Å². The summed E-state index contributed by atoms with van der Waals surface area (Å²) in [6.45, 7) is 8.02. The Bertz CT molecular complexity index is 527. The first kappa shape index (κ1) is 15.4. The molecule has 104 valence electrons. The Labute approximate surface area is 120 Å². The summed E-state index contributed by atoms with van der Waals surface area (Å²) in [6.07, 6.45) is 3.09. The topological polar surface area (TPSA) is 76.0 Å². The third-order valence-corrected chi connectivity index (χ3v) is 3.17. The fourth-order valence-corrected chi connectivity index (χ4v) is 1.87. The smallest absolute Gasteiger partial charge is 0.283 e. The highest BCUT2D eigenvalue weighted by Crippen LogP contribution is 2.17. The van der Waals surface area contributed by atoms with Crippen LogP contribution in [0.3, 0.4) is 0 Å². The Morgan fingerprint density at radius 2 is 2.37 bits per heavy atom. The number of amides is 1. The molecule has 1 atom stereocenters. The van der Waals surface area contributed by atoms with Crippen molar-refractivity contribution in [1.82, 2.24) is 15.1 Å². The van der Waals surface area contributed by atoms with Crippen molar-refractivity contribution >= 4 is 27.5 Å². The molecule has 0 aliphatic rings. The highest BCUT2D eigenvalue weighted by Gasteiger charge is 2.15. The predicted molar refractivity (Wildman–Crippen MR) is 78.2 cm³/mol. The molecular formula is C12H17BrN4O2. The molecule has 0 saturated heterocycles. The molecule has 0 bridgehead atoms. The Morgan fingerprint density at radius 1 is 1.68 bits per heavy atom. The van der Waals surface area contributed by atoms with Crippen LogP contribution in [0.2, 0.25) is 0 Å². The number of allylic oxidation sites excluding steroid dienone is 1. The molecule has 0 saturated carbocycles. The molecule has 1 unspecified atom stereocenters. The first-order chi connectivity index (χ1) is 9.01. The van der Waals surface area contributed by atoms with Crippen molar-refractivity contribution in [2.24, 2.45) is 0 Å². The summed E-state index contributed by atoms with van der Waals surface area (Å²) in [5.74, 6) is -0.135. The molecule has 7 heteroatoms. The number of halogens is 1. The summed E-state index contributed by atoms with van der Waals surface area (Å²) in [5, 5.41) is 9.64. The normalized spacial score (nSPS) is 11.7. The summed E-state index contributed by atoms with van der Waals surface area (Å²) in [6, 6.07) is -0.451. The van der Waals surface area contributed by atoms with Gasteiger partial charge in [0, 0.05) is 6.54 Å². The lowest BCUT2D eigenvalue weighted by Crippen LogP contribution is -2.38. The van der Waals surface area contributed by atoms with Gasteiger partial charge in [0.1, 0.15) is 10.5 Å². The molecule has 0 aromatic carbocycles. The Balaban J connectivity index is 2.91. The molecule has 0 aliphatic carbocycles. The summed E-state index contributed by atoms with van der Waals surface area (Å²) < 4.78 is 1.62. The van der Waals surface area contributed by atoms with E-state index in [0.717, 1.165) is 0 Å². The zero-order chi connectivity index (χ0) is 14.4. The van der Waals surface area contributed by atoms with Crippen LogP contribution in [-0.4, -0.2) is 28.3 Å². The number of likely N-dealkylation sites (N-methyl/N-ethyl adjacent to an activating group) is 1. The molecule has 1 heterocycles. The maximum atomic E-state index is 11.9. The Hall–Kier alpha value is -1.63. The van der Waals surface area contributed by atoms with Crippen molar-refractivity contribution in [2.45, 2.75) is 26.4 Å². The molecular weight excluding hydrogens is 312 g/mol. The quantitative estimate of drug-likeness (QED) is 0.767. The van der Waals surface area contributed by atoms with E-state index in [1.54, 1.807) is 13.0 Å². The van der Waals surface area contributed by atoms with Crippen LogP contribution in [-0.2, 0) is 11.3 Å². The molecule has 6 nitrogen and oxygen atoms in total. The van der Waals surface area contributed by atoms with Gasteiger partial charge in [-0.2, -0.15) is 5.10 Å². The van der Waals surface area contributed by atoms with Crippen molar-refractivity contribution < 1.29 is 4.79 Å². The third-order valence-electron chi connectivity index (χ3n) is 2.40. The van der Waals surface area contributed by atoms with Crippen LogP contribution in [0.1, 0.15) is 13.8 Å². The first-order valence-electron chi connectivity index (χ1n) is 5.92. The second kappa shape index (κ2) is 7.08. The molecule has 1 rings (SSSR count). The van der Waals surface area contributed by atoms with Gasteiger partial charge in [0.25, 0.3) is 5.56 Å². The summed E-state index contributed by atoms with van der Waals surface area (Å²) >= 11 is 3.22. The molecule has 1 amide bonds. The number of carbonyl (C=O) groups is 1. The zero-order valence-corrected chi connectivity index (χ0v) is 12.5. The second-order valence-electron chi connectivity index (χ2n) is 3.91. The molecule has 1 aromatic heterocycles. The van der Waals surface area contributed by atoms with Crippen molar-refractivity contribution in [3.8, 4) is 0 Å². The molecule has 0 fully saturated rings. The van der Waals surface area contributed by atoms with Crippen molar-refractivity contribution in [2.75, 3.05) is 11.9 Å². The highest BCUT2D eigenvalue weighted by molar-refractivity contribution is 9.10. The van der Waals surface area contributed by atoms with E-state index in [0.29, 0.717) is 23.2 Å². The van der Waals surface area contributed by atoms with Gasteiger partial charge in [-0.1, -0.05) is 6.08 Å². The van der Waals surface area contributed by atoms with E-state index < -0.39 is 6.04 Å². The van der Waals surface area contributed by atoms with Gasteiger partial charge in [0.2, 0.25) is 5.91 Å². The minimum Gasteiger partial charge on any atom is -0.372 e. The average molecular weight is 329 g/mol. The minimum atomic E-state index is -0.451. The lowest BCUT2D eigenvalue weighted by atomic mass is 10.3. The van der Waals surface area contributed by atoms with Crippen LogP contribution >= 0.6 is 15.9 Å². The molecule has 1 aromatic rings. The van der Waals surface area contributed by atoms with E-state index in [4.69, 9.17) is 0 Å². The number of hydrogen-bond donors (Lipinski definition) is 2. The Morgan fingerprint density at radius 3 is 2.95 bits per heavy atom. The second-order valence-corrected chi connectivity index (χ2v) is 4.70. The van der Waals surface area contributed by atoms with Gasteiger partial charge in [-0.15, -0.1) is 6.58 Å². The number of nitrogens with zero attached hydrogens (tertiary/aromatic N) is 2. The van der Waals surface area contributed by atoms with Crippen LogP contribution in [0.5, 0.6) is 0 Å². The van der Waals surface area contributed by atoms with Gasteiger partial charge >= 0.3 is 0 Å². The van der Waals surface area contributed by atoms with E-state index in [1.807, 2.05) is 6.92 Å². The van der Waals surface area contributed by atoms with Crippen LogP contribution in [0.4, 0.5) is 5.69 Å². The van der Waals surface area contributed by atoms with Gasteiger partial charge in [-0.3, -0.25) is 9.59 Å². The van der Waals surface area contributed by atoms with E-state index in [-0.39, 0.29) is 11.5 Å². The Kier molecular flexibility index (Phi) is 5.75. The van der Waals surface area contributed by atoms with Gasteiger partial charge in [-0.25, -0.2) is 4.68 Å². The number of anilines is 1. The monoisotopic (exact) mass is 328 g/mol. The molecule has 2 N–H and O–H groups in total. The summed E-state index contributed by atoms with van der Waals surface area (Å²) in [7, 11) is 0. The molecule has 0 radical (unpaired) electrons. The lowest BCUT2D eigenvalue weighted by molar-refractivity contribution is -0.121. The number of carbonyl (C=O) groups excluding carboxylic acids is 1. The average Bonchev–Trinajstić information content (AvgIpc) is 2.38. The summed E-state index contributed by atoms with van der Waals surface area (Å²) in [5.41, 5.74) is 0.220. The van der Waals surface area contributed by atoms with Gasteiger partial charge < -0.3 is 10.6 Å². The largest absolute Gasteiger partial charge is 0.372 e. The molecule has 19 heavy (non-hydrogen) atoms. The van der Waals surface area contributed by atoms with Gasteiger partial charge in [-0.05, 0) is 29.8 Å². The molecule has 0 aliphatic heterocycles. The summed E-state index contributed by atoms with van der Waals surface area (Å²) in [4.78, 5) is 23.5. The van der Waals surface area contributed by atoms with Crippen LogP contribution < -0.4 is 16.2 Å². The van der Waals surface area contributed by atoms with Crippen molar-refractivity contribution in [1.29, 1.82) is 0 Å². The minimum absolute atomic E-state index is 0.135. The van der Waals surface area contributed by atoms with Crippen LogP contribution in [0, 0.1) is 0 Å². The first-order valence-corrected chi connectivity index (χ1v) is 6.71. The fraction of sp³-hybridized carbons (Fsp3) is 0.417. The number of aromatic nitrogens is 2. The maximum absolute atomic E-state index is 11.9. The highest BCUT2D eigenvalue weighted by atomic mass is 79.9. The zero-order valence-electron chi connectivity index (χ0n) is 10.9. The predicted octanol–water partition coefficient (Wildman–Crippen LogP) is 1.13. The van der Waals surface area contributed by atoms with E-state index in [9.17, 15) is 9.59 Å². The third kappa shape index (κ3) is 3.92. The SMILES string of the molecule is C=CCn1ncc(NC(C)C(=O)NCC)c(Br)c1=O. The van der Waals surface area contributed by atoms with Crippen molar-refractivity contribution in [3.05, 3.63) is 33.7 Å². The fourth-order valence-electron chi connectivity index (χ4n) is 1.44. The van der Waals surface area contributed by atoms with Gasteiger partial charge in [0.15, 0.2) is 0 Å². The number of nitrogens with one attached hydrogen (secondary N) is 2. The van der Waals surface area contributed by atoms with E-state index in [2.05, 4.69) is 38.2 Å². The molecule has 0 spiro atoms. The van der Waals surface area contributed by atoms with Gasteiger partial charge in [0.05, 0.1) is 18.4 Å². The number of rotatable bonds is 6. The standard InChI is InChI=1S/C12H17BrN4O2/c1-4-6-17-12(19)10(13)9(7-15-17)16-8(3)11(18)14-5-2/h4,7-8,16H,1,5-6H2,2-3H3,(H,14,18). The van der Waals surface area contributed by atoms with E-state index >= 15 is 0 Å². The number of hydrogen-bond acceptors (Lipinski definition) is 4.